The zero-order valence-corrected chi connectivity index (χ0v) is 10.1. The molecule has 8 heteroatoms. The highest BCUT2D eigenvalue weighted by molar-refractivity contribution is 9.10. The Hall–Kier alpha value is -1.96. The number of rotatable bonds is 1. The van der Waals surface area contributed by atoms with Crippen molar-refractivity contribution >= 4 is 44.8 Å². The van der Waals surface area contributed by atoms with Gasteiger partial charge >= 0.3 is 17.5 Å². The summed E-state index contributed by atoms with van der Waals surface area (Å²) < 4.78 is 0.466. The molecular weight excluding hydrogens is 294 g/mol. The molecule has 2 amide bonds. The standard InChI is InChI=1S/C9H5BrN3O4/c1-3-4(10)2-5-6(7(3)13(16)17)12-9(15)8(14)11-5/h2H,1H3,(H,11,14). The monoisotopic (exact) mass is 298 g/mol. The van der Waals surface area contributed by atoms with Gasteiger partial charge in [-0.3, -0.25) is 19.7 Å². The summed E-state index contributed by atoms with van der Waals surface area (Å²) in [6, 6.07) is 1.48. The molecule has 0 fully saturated rings. The molecule has 1 aliphatic heterocycles. The lowest BCUT2D eigenvalue weighted by Gasteiger charge is -2.16. The van der Waals surface area contributed by atoms with Crippen molar-refractivity contribution in [1.82, 2.24) is 5.32 Å². The maximum atomic E-state index is 11.1. The fourth-order valence-corrected chi connectivity index (χ4v) is 1.90. The summed E-state index contributed by atoms with van der Waals surface area (Å²) in [7, 11) is 0. The van der Waals surface area contributed by atoms with E-state index in [0.717, 1.165) is 0 Å². The normalized spacial score (nSPS) is 13.8. The van der Waals surface area contributed by atoms with Gasteiger partial charge in [0.1, 0.15) is 0 Å². The van der Waals surface area contributed by atoms with Gasteiger partial charge in [0.2, 0.25) is 0 Å². The van der Waals surface area contributed by atoms with Crippen molar-refractivity contribution in [3.8, 4) is 0 Å². The van der Waals surface area contributed by atoms with Crippen LogP contribution in [-0.2, 0) is 9.59 Å². The summed E-state index contributed by atoms with van der Waals surface area (Å²) in [4.78, 5) is 32.5. The van der Waals surface area contributed by atoms with Crippen LogP contribution in [0.25, 0.3) is 0 Å². The molecule has 7 nitrogen and oxygen atoms in total. The zero-order chi connectivity index (χ0) is 12.7. The summed E-state index contributed by atoms with van der Waals surface area (Å²) in [6.07, 6.45) is 0. The number of hydrogen-bond donors (Lipinski definition) is 1. The Balaban J connectivity index is 2.72. The Kier molecular flexibility index (Phi) is 2.58. The van der Waals surface area contributed by atoms with Gasteiger partial charge in [0, 0.05) is 10.0 Å². The van der Waals surface area contributed by atoms with Crippen molar-refractivity contribution in [2.45, 2.75) is 6.92 Å². The van der Waals surface area contributed by atoms with Crippen LogP contribution in [0.1, 0.15) is 5.56 Å². The average molecular weight is 299 g/mol. The minimum Gasteiger partial charge on any atom is -0.316 e. The van der Waals surface area contributed by atoms with Crippen LogP contribution in [0.15, 0.2) is 10.5 Å². The molecule has 0 spiro atoms. The Morgan fingerprint density at radius 1 is 1.47 bits per heavy atom. The summed E-state index contributed by atoms with van der Waals surface area (Å²) >= 11 is 3.15. The number of anilines is 1. The predicted octanol–water partition coefficient (Wildman–Crippen LogP) is 1.38. The number of nitro groups is 1. The summed E-state index contributed by atoms with van der Waals surface area (Å²) in [5.41, 5.74) is 0.100. The van der Waals surface area contributed by atoms with Crippen molar-refractivity contribution in [3.05, 3.63) is 26.2 Å². The Morgan fingerprint density at radius 2 is 2.12 bits per heavy atom. The lowest BCUT2D eigenvalue weighted by Crippen LogP contribution is -2.33. The molecule has 0 unspecified atom stereocenters. The van der Waals surface area contributed by atoms with Crippen LogP contribution in [0.4, 0.5) is 17.1 Å². The van der Waals surface area contributed by atoms with Gasteiger partial charge in [-0.2, -0.15) is 5.32 Å². The largest absolute Gasteiger partial charge is 0.336 e. The van der Waals surface area contributed by atoms with Crippen molar-refractivity contribution in [3.63, 3.8) is 0 Å². The maximum Gasteiger partial charge on any atom is 0.336 e. The first-order valence-corrected chi connectivity index (χ1v) is 5.25. The topological polar surface area (TPSA) is 103 Å². The number of hydrogen-bond acceptors (Lipinski definition) is 4. The molecule has 2 rings (SSSR count). The molecule has 1 heterocycles. The van der Waals surface area contributed by atoms with Gasteiger partial charge in [0.15, 0.2) is 5.69 Å². The van der Waals surface area contributed by atoms with E-state index in [1.807, 2.05) is 0 Å². The second kappa shape index (κ2) is 3.81. The molecule has 0 saturated carbocycles. The molecular formula is C9H5BrN3O4. The zero-order valence-electron chi connectivity index (χ0n) is 8.48. The molecule has 1 radical (unpaired) electrons. The first-order chi connectivity index (χ1) is 7.91. The van der Waals surface area contributed by atoms with Gasteiger partial charge in [-0.1, -0.05) is 15.9 Å². The Morgan fingerprint density at radius 3 is 2.71 bits per heavy atom. The van der Waals surface area contributed by atoms with E-state index in [9.17, 15) is 19.7 Å². The van der Waals surface area contributed by atoms with Gasteiger partial charge in [-0.25, -0.2) is 0 Å². The smallest absolute Gasteiger partial charge is 0.316 e. The van der Waals surface area contributed by atoms with Gasteiger partial charge in [-0.05, 0) is 13.0 Å². The lowest BCUT2D eigenvalue weighted by atomic mass is 10.1. The Bertz CT molecular complexity index is 570. The number of carbonyl (C=O) groups is 2. The number of nitrogens with one attached hydrogen (secondary N) is 1. The molecule has 1 N–H and O–H groups in total. The SMILES string of the molecule is Cc1c(Br)cc2c(c1[N+](=O)[O-])[N]C(=O)C(=O)N2. The van der Waals surface area contributed by atoms with Crippen LogP contribution < -0.4 is 10.6 Å². The highest BCUT2D eigenvalue weighted by Crippen LogP contribution is 2.41. The van der Waals surface area contributed by atoms with Crippen LogP contribution in [0.5, 0.6) is 0 Å². The van der Waals surface area contributed by atoms with E-state index in [4.69, 9.17) is 0 Å². The second-order valence-electron chi connectivity index (χ2n) is 3.36. The van der Waals surface area contributed by atoms with Crippen LogP contribution in [0.3, 0.4) is 0 Å². The minimum absolute atomic E-state index is 0.111. The number of halogens is 1. The highest BCUT2D eigenvalue weighted by atomic mass is 79.9. The van der Waals surface area contributed by atoms with Crippen LogP contribution in [-0.4, -0.2) is 16.7 Å². The highest BCUT2D eigenvalue weighted by Gasteiger charge is 2.33. The third-order valence-electron chi connectivity index (χ3n) is 2.30. The third kappa shape index (κ3) is 1.76. The fraction of sp³-hybridized carbons (Fsp3) is 0.111. The van der Waals surface area contributed by atoms with Crippen molar-refractivity contribution in [1.29, 1.82) is 0 Å². The first-order valence-electron chi connectivity index (χ1n) is 4.46. The molecule has 0 saturated heterocycles. The van der Waals surface area contributed by atoms with E-state index >= 15 is 0 Å². The van der Waals surface area contributed by atoms with Gasteiger partial charge < -0.3 is 5.32 Å². The van der Waals surface area contributed by atoms with E-state index in [0.29, 0.717) is 10.0 Å². The summed E-state index contributed by atoms with van der Waals surface area (Å²) in [5, 5.41) is 16.6. The van der Waals surface area contributed by atoms with E-state index in [1.165, 1.54) is 13.0 Å². The number of amides is 2. The third-order valence-corrected chi connectivity index (χ3v) is 3.13. The predicted molar refractivity (Wildman–Crippen MR) is 61.0 cm³/mol. The van der Waals surface area contributed by atoms with E-state index in [-0.39, 0.29) is 17.1 Å². The maximum absolute atomic E-state index is 11.1. The average Bonchev–Trinajstić information content (AvgIpc) is 2.23. The van der Waals surface area contributed by atoms with Crippen LogP contribution in [0.2, 0.25) is 0 Å². The van der Waals surface area contributed by atoms with Crippen molar-refractivity contribution in [2.24, 2.45) is 0 Å². The number of carbonyl (C=O) groups excluding carboxylic acids is 2. The molecule has 0 bridgehead atoms. The van der Waals surface area contributed by atoms with Crippen molar-refractivity contribution < 1.29 is 14.5 Å². The summed E-state index contributed by atoms with van der Waals surface area (Å²) in [5.74, 6) is -1.94. The van der Waals surface area contributed by atoms with Crippen LogP contribution in [0, 0.1) is 17.0 Å². The fourth-order valence-electron chi connectivity index (χ4n) is 1.48. The molecule has 17 heavy (non-hydrogen) atoms. The van der Waals surface area contributed by atoms with Crippen molar-refractivity contribution in [2.75, 3.05) is 5.32 Å². The molecule has 0 aliphatic carbocycles. The van der Waals surface area contributed by atoms with E-state index in [2.05, 4.69) is 26.6 Å². The number of fused-ring (bicyclic) bond motifs is 1. The quantitative estimate of drug-likeness (QED) is 0.480. The van der Waals surface area contributed by atoms with E-state index < -0.39 is 16.7 Å². The molecule has 1 aromatic carbocycles. The number of benzene rings is 1. The Labute approximate surface area is 103 Å². The molecule has 1 aliphatic rings. The summed E-state index contributed by atoms with van der Waals surface area (Å²) in [6.45, 7) is 1.53. The minimum atomic E-state index is -1.04. The van der Waals surface area contributed by atoms with Crippen LogP contribution >= 0.6 is 15.9 Å². The first kappa shape index (κ1) is 11.5. The van der Waals surface area contributed by atoms with Gasteiger partial charge in [0.25, 0.3) is 0 Å². The van der Waals surface area contributed by atoms with Gasteiger partial charge in [-0.15, -0.1) is 0 Å². The lowest BCUT2D eigenvalue weighted by molar-refractivity contribution is -0.384. The molecule has 0 atom stereocenters. The van der Waals surface area contributed by atoms with Gasteiger partial charge in [0.05, 0.1) is 10.6 Å². The molecule has 87 valence electrons. The molecule has 0 aromatic heterocycles. The second-order valence-corrected chi connectivity index (χ2v) is 4.21. The molecule has 1 aromatic rings. The number of nitrogens with zero attached hydrogens (tertiary/aromatic N) is 2. The van der Waals surface area contributed by atoms with E-state index in [1.54, 1.807) is 0 Å². The number of nitro benzene ring substituents is 1.